The maximum absolute atomic E-state index is 3.27. The minimum atomic E-state index is 0.316. The van der Waals surface area contributed by atoms with Gasteiger partial charge in [-0.2, -0.15) is 0 Å². The van der Waals surface area contributed by atoms with Crippen LogP contribution in [-0.4, -0.2) is 19.1 Å². The van der Waals surface area contributed by atoms with Crippen molar-refractivity contribution in [3.63, 3.8) is 0 Å². The molecule has 1 atom stereocenters. The van der Waals surface area contributed by atoms with E-state index in [1.54, 1.807) is 0 Å². The molecule has 2 heteroatoms. The summed E-state index contributed by atoms with van der Waals surface area (Å²) in [7, 11) is 2.00. The zero-order chi connectivity index (χ0) is 12.5. The molecular formula is C15H24N2. The second-order valence-electron chi connectivity index (χ2n) is 5.67. The van der Waals surface area contributed by atoms with Gasteiger partial charge in [0.2, 0.25) is 0 Å². The van der Waals surface area contributed by atoms with Crippen LogP contribution in [0.1, 0.15) is 45.2 Å². The Morgan fingerprint density at radius 2 is 1.88 bits per heavy atom. The zero-order valence-corrected chi connectivity index (χ0v) is 11.5. The summed E-state index contributed by atoms with van der Waals surface area (Å²) in [5, 5.41) is 3.27. The van der Waals surface area contributed by atoms with Crippen LogP contribution in [-0.2, 0) is 0 Å². The molecular weight excluding hydrogens is 208 g/mol. The van der Waals surface area contributed by atoms with Gasteiger partial charge >= 0.3 is 0 Å². The number of rotatable bonds is 3. The van der Waals surface area contributed by atoms with E-state index < -0.39 is 0 Å². The Labute approximate surface area is 105 Å². The van der Waals surface area contributed by atoms with Gasteiger partial charge in [-0.3, -0.25) is 0 Å². The van der Waals surface area contributed by atoms with Gasteiger partial charge in [-0.05, 0) is 58.4 Å². The van der Waals surface area contributed by atoms with Crippen LogP contribution in [0.15, 0.2) is 24.3 Å². The van der Waals surface area contributed by atoms with Crippen LogP contribution in [0.25, 0.3) is 0 Å². The van der Waals surface area contributed by atoms with Crippen LogP contribution in [0, 0.1) is 0 Å². The molecule has 0 aromatic heterocycles. The smallest absolute Gasteiger partial charge is 0.0370 e. The Morgan fingerprint density at radius 3 is 2.35 bits per heavy atom. The molecule has 1 aromatic rings. The molecule has 94 valence electrons. The van der Waals surface area contributed by atoms with E-state index in [2.05, 4.69) is 55.3 Å². The number of hydrogen-bond donors (Lipinski definition) is 1. The maximum Gasteiger partial charge on any atom is 0.0370 e. The number of benzene rings is 1. The lowest BCUT2D eigenvalue weighted by Crippen LogP contribution is -2.38. The summed E-state index contributed by atoms with van der Waals surface area (Å²) >= 11 is 0. The van der Waals surface area contributed by atoms with Crippen LogP contribution >= 0.6 is 0 Å². The largest absolute Gasteiger partial charge is 0.366 e. The van der Waals surface area contributed by atoms with Gasteiger partial charge in [-0.1, -0.05) is 12.1 Å². The van der Waals surface area contributed by atoms with Crippen molar-refractivity contribution in [2.24, 2.45) is 0 Å². The highest BCUT2D eigenvalue weighted by molar-refractivity contribution is 5.51. The summed E-state index contributed by atoms with van der Waals surface area (Å²) in [5.41, 5.74) is 3.03. The highest BCUT2D eigenvalue weighted by Crippen LogP contribution is 2.33. The first-order chi connectivity index (χ1) is 8.04. The van der Waals surface area contributed by atoms with Gasteiger partial charge in [-0.25, -0.2) is 0 Å². The highest BCUT2D eigenvalue weighted by Gasteiger charge is 2.31. The van der Waals surface area contributed by atoms with Crippen molar-refractivity contribution in [2.75, 3.05) is 18.5 Å². The monoisotopic (exact) mass is 232 g/mol. The lowest BCUT2D eigenvalue weighted by Gasteiger charge is -2.34. The number of anilines is 1. The van der Waals surface area contributed by atoms with Crippen molar-refractivity contribution in [1.82, 2.24) is 5.32 Å². The van der Waals surface area contributed by atoms with Gasteiger partial charge < -0.3 is 10.2 Å². The second-order valence-corrected chi connectivity index (χ2v) is 5.67. The Morgan fingerprint density at radius 1 is 1.24 bits per heavy atom. The van der Waals surface area contributed by atoms with Crippen molar-refractivity contribution in [3.05, 3.63) is 29.8 Å². The van der Waals surface area contributed by atoms with E-state index >= 15 is 0 Å². The Balaban J connectivity index is 2.18. The first kappa shape index (κ1) is 12.4. The molecule has 1 aliphatic rings. The molecule has 0 bridgehead atoms. The number of hydrogen-bond acceptors (Lipinski definition) is 2. The van der Waals surface area contributed by atoms with Crippen LogP contribution in [0.5, 0.6) is 0 Å². The molecule has 0 radical (unpaired) electrons. The Kier molecular flexibility index (Phi) is 3.43. The van der Waals surface area contributed by atoms with Crippen molar-refractivity contribution in [2.45, 2.75) is 45.2 Å². The fourth-order valence-corrected chi connectivity index (χ4v) is 2.70. The molecule has 1 heterocycles. The predicted octanol–water partition coefficient (Wildman–Crippen LogP) is 3.35. The fraction of sp³-hybridized carbons (Fsp3) is 0.600. The van der Waals surface area contributed by atoms with E-state index in [1.807, 2.05) is 7.05 Å². The van der Waals surface area contributed by atoms with Gasteiger partial charge in [0.1, 0.15) is 0 Å². The zero-order valence-electron chi connectivity index (χ0n) is 11.5. The van der Waals surface area contributed by atoms with Crippen molar-refractivity contribution >= 4 is 5.69 Å². The van der Waals surface area contributed by atoms with E-state index in [-0.39, 0.29) is 0 Å². The quantitative estimate of drug-likeness (QED) is 0.860. The summed E-state index contributed by atoms with van der Waals surface area (Å²) in [6.07, 6.45) is 2.60. The molecule has 0 spiro atoms. The van der Waals surface area contributed by atoms with E-state index in [1.165, 1.54) is 30.6 Å². The summed E-state index contributed by atoms with van der Waals surface area (Å²) < 4.78 is 0. The third kappa shape index (κ3) is 2.47. The molecule has 0 amide bonds. The third-order valence-corrected chi connectivity index (χ3v) is 4.04. The lowest BCUT2D eigenvalue weighted by molar-refractivity contribution is 0.518. The van der Waals surface area contributed by atoms with Gasteiger partial charge in [0.05, 0.1) is 0 Å². The van der Waals surface area contributed by atoms with Crippen LogP contribution in [0.4, 0.5) is 5.69 Å². The normalized spacial score (nSPS) is 20.6. The first-order valence-corrected chi connectivity index (χ1v) is 6.59. The fourth-order valence-electron chi connectivity index (χ4n) is 2.70. The molecule has 1 aliphatic heterocycles. The van der Waals surface area contributed by atoms with Crippen LogP contribution in [0.2, 0.25) is 0 Å². The van der Waals surface area contributed by atoms with Crippen molar-refractivity contribution < 1.29 is 0 Å². The highest BCUT2D eigenvalue weighted by atomic mass is 15.2. The third-order valence-electron chi connectivity index (χ3n) is 4.04. The van der Waals surface area contributed by atoms with E-state index in [4.69, 9.17) is 0 Å². The van der Waals surface area contributed by atoms with Crippen molar-refractivity contribution in [1.29, 1.82) is 0 Å². The number of nitrogens with one attached hydrogen (secondary N) is 1. The van der Waals surface area contributed by atoms with Gasteiger partial charge in [0.25, 0.3) is 0 Å². The van der Waals surface area contributed by atoms with Gasteiger partial charge in [0, 0.05) is 23.8 Å². The Bertz CT molecular complexity index is 367. The summed E-state index contributed by atoms with van der Waals surface area (Å²) in [5.74, 6) is 0. The number of nitrogens with zero attached hydrogens (tertiary/aromatic N) is 1. The first-order valence-electron chi connectivity index (χ1n) is 6.59. The minimum Gasteiger partial charge on any atom is -0.366 e. The Hall–Kier alpha value is -1.02. The van der Waals surface area contributed by atoms with Gasteiger partial charge in [0.15, 0.2) is 0 Å². The predicted molar refractivity (Wildman–Crippen MR) is 74.6 cm³/mol. The standard InChI is InChI=1S/C15H24N2/c1-12(16-4)13-6-8-14(9-7-13)17-11-5-10-15(17,2)3/h6-9,12,16H,5,10-11H2,1-4H3. The molecule has 2 rings (SSSR count). The summed E-state index contributed by atoms with van der Waals surface area (Å²) in [6.45, 7) is 8.05. The SMILES string of the molecule is CNC(C)c1ccc(N2CCCC2(C)C)cc1. The molecule has 1 saturated heterocycles. The second kappa shape index (κ2) is 4.69. The molecule has 1 N–H and O–H groups in total. The van der Waals surface area contributed by atoms with Crippen LogP contribution < -0.4 is 10.2 Å². The molecule has 1 unspecified atom stereocenters. The van der Waals surface area contributed by atoms with Crippen LogP contribution in [0.3, 0.4) is 0 Å². The molecule has 1 aromatic carbocycles. The minimum absolute atomic E-state index is 0.316. The molecule has 17 heavy (non-hydrogen) atoms. The average molecular weight is 232 g/mol. The molecule has 2 nitrogen and oxygen atoms in total. The van der Waals surface area contributed by atoms with E-state index in [0.29, 0.717) is 11.6 Å². The van der Waals surface area contributed by atoms with E-state index in [9.17, 15) is 0 Å². The molecule has 1 fully saturated rings. The summed E-state index contributed by atoms with van der Waals surface area (Å²) in [6, 6.07) is 9.43. The average Bonchev–Trinajstić information content (AvgIpc) is 2.68. The topological polar surface area (TPSA) is 15.3 Å². The van der Waals surface area contributed by atoms with Gasteiger partial charge in [-0.15, -0.1) is 0 Å². The van der Waals surface area contributed by atoms with E-state index in [0.717, 1.165) is 0 Å². The molecule has 0 saturated carbocycles. The van der Waals surface area contributed by atoms with Crippen molar-refractivity contribution in [3.8, 4) is 0 Å². The lowest BCUT2D eigenvalue weighted by atomic mass is 10.0. The maximum atomic E-state index is 3.27. The summed E-state index contributed by atoms with van der Waals surface area (Å²) in [4.78, 5) is 2.53. The molecule has 0 aliphatic carbocycles.